The van der Waals surface area contributed by atoms with Crippen LogP contribution in [0.3, 0.4) is 0 Å². The van der Waals surface area contributed by atoms with Crippen molar-refractivity contribution in [1.82, 2.24) is 20.4 Å². The van der Waals surface area contributed by atoms with Crippen LogP contribution in [0.4, 0.5) is 4.79 Å². The summed E-state index contributed by atoms with van der Waals surface area (Å²) in [6.07, 6.45) is 4.77. The maximum absolute atomic E-state index is 12.1. The summed E-state index contributed by atoms with van der Waals surface area (Å²) < 4.78 is 5.25. The molecular weight excluding hydrogens is 256 g/mol. The third-order valence-corrected chi connectivity index (χ3v) is 3.62. The van der Waals surface area contributed by atoms with Crippen LogP contribution in [-0.4, -0.2) is 54.0 Å². The van der Waals surface area contributed by atoms with Crippen LogP contribution in [0.15, 0.2) is 12.3 Å². The lowest BCUT2D eigenvalue weighted by molar-refractivity contribution is 0.143. The van der Waals surface area contributed by atoms with E-state index >= 15 is 0 Å². The number of rotatable bonds is 6. The maximum atomic E-state index is 12.1. The predicted octanol–water partition coefficient (Wildman–Crippen LogP) is 1.73. The van der Waals surface area contributed by atoms with E-state index in [1.54, 1.807) is 6.20 Å². The molecule has 2 rings (SSSR count). The number of hydrogen-bond donors (Lipinski definition) is 2. The molecule has 1 aliphatic rings. The van der Waals surface area contributed by atoms with Gasteiger partial charge in [-0.3, -0.25) is 5.10 Å². The second-order valence-corrected chi connectivity index (χ2v) is 5.08. The number of likely N-dealkylation sites (tertiary alicyclic amines) is 1. The maximum Gasteiger partial charge on any atom is 0.317 e. The second kappa shape index (κ2) is 7.89. The van der Waals surface area contributed by atoms with Crippen molar-refractivity contribution in [2.75, 3.05) is 32.8 Å². The van der Waals surface area contributed by atoms with Crippen molar-refractivity contribution < 1.29 is 9.53 Å². The molecule has 2 N–H and O–H groups in total. The normalized spacial score (nSPS) is 19.1. The van der Waals surface area contributed by atoms with Gasteiger partial charge in [0, 0.05) is 50.7 Å². The minimum atomic E-state index is 0.0331. The van der Waals surface area contributed by atoms with Gasteiger partial charge < -0.3 is 15.0 Å². The summed E-state index contributed by atoms with van der Waals surface area (Å²) in [6.45, 7) is 5.67. The lowest BCUT2D eigenvalue weighted by Gasteiger charge is -2.32. The number of amides is 2. The molecule has 1 aliphatic heterocycles. The third-order valence-electron chi connectivity index (χ3n) is 3.62. The Balaban J connectivity index is 1.73. The molecule has 1 atom stereocenters. The zero-order valence-corrected chi connectivity index (χ0v) is 12.1. The summed E-state index contributed by atoms with van der Waals surface area (Å²) >= 11 is 0. The van der Waals surface area contributed by atoms with E-state index in [0.29, 0.717) is 19.1 Å². The van der Waals surface area contributed by atoms with Crippen LogP contribution < -0.4 is 5.32 Å². The minimum Gasteiger partial charge on any atom is -0.382 e. The number of nitrogens with one attached hydrogen (secondary N) is 2. The molecule has 0 saturated carbocycles. The first-order valence-corrected chi connectivity index (χ1v) is 7.41. The van der Waals surface area contributed by atoms with Crippen molar-refractivity contribution in [1.29, 1.82) is 0 Å². The van der Waals surface area contributed by atoms with Crippen molar-refractivity contribution in [3.8, 4) is 0 Å². The summed E-state index contributed by atoms with van der Waals surface area (Å²) in [7, 11) is 0. The van der Waals surface area contributed by atoms with Crippen molar-refractivity contribution in [2.45, 2.75) is 32.1 Å². The highest BCUT2D eigenvalue weighted by molar-refractivity contribution is 5.74. The Hall–Kier alpha value is -1.56. The molecule has 0 radical (unpaired) electrons. The van der Waals surface area contributed by atoms with E-state index in [0.717, 1.165) is 44.7 Å². The average Bonchev–Trinajstić information content (AvgIpc) is 3.01. The second-order valence-electron chi connectivity index (χ2n) is 5.08. The van der Waals surface area contributed by atoms with Crippen LogP contribution in [-0.2, 0) is 4.74 Å². The SMILES string of the molecule is CCOCCCNC(=O)N1CCC[C@@H](c2ccn[nH]2)C1. The Morgan fingerprint density at radius 1 is 1.65 bits per heavy atom. The summed E-state index contributed by atoms with van der Waals surface area (Å²) in [5, 5.41) is 9.95. The highest BCUT2D eigenvalue weighted by Crippen LogP contribution is 2.24. The summed E-state index contributed by atoms with van der Waals surface area (Å²) in [5.74, 6) is 0.375. The van der Waals surface area contributed by atoms with Crippen molar-refractivity contribution in [3.63, 3.8) is 0 Å². The predicted molar refractivity (Wildman–Crippen MR) is 76.6 cm³/mol. The molecule has 2 amide bonds. The van der Waals surface area contributed by atoms with Crippen LogP contribution in [0.1, 0.15) is 37.8 Å². The highest BCUT2D eigenvalue weighted by Gasteiger charge is 2.25. The molecule has 1 aromatic heterocycles. The fourth-order valence-electron chi connectivity index (χ4n) is 2.54. The largest absolute Gasteiger partial charge is 0.382 e. The van der Waals surface area contributed by atoms with Crippen LogP contribution in [0.5, 0.6) is 0 Å². The standard InChI is InChI=1S/C14H24N4O2/c1-2-20-10-4-7-15-14(19)18-9-3-5-12(11-18)13-6-8-16-17-13/h6,8,12H,2-5,7,9-11H2,1H3,(H,15,19)(H,16,17)/t12-/m1/s1. The van der Waals surface area contributed by atoms with E-state index in [2.05, 4.69) is 15.5 Å². The molecule has 0 spiro atoms. The van der Waals surface area contributed by atoms with Gasteiger partial charge in [-0.05, 0) is 32.3 Å². The lowest BCUT2D eigenvalue weighted by atomic mass is 9.95. The Morgan fingerprint density at radius 2 is 2.55 bits per heavy atom. The van der Waals surface area contributed by atoms with Crippen LogP contribution in [0.2, 0.25) is 0 Å². The molecule has 0 bridgehead atoms. The van der Waals surface area contributed by atoms with Gasteiger partial charge in [0.25, 0.3) is 0 Å². The molecule has 20 heavy (non-hydrogen) atoms. The number of nitrogens with zero attached hydrogens (tertiary/aromatic N) is 2. The fourth-order valence-corrected chi connectivity index (χ4v) is 2.54. The van der Waals surface area contributed by atoms with Crippen molar-refractivity contribution in [2.24, 2.45) is 0 Å². The van der Waals surface area contributed by atoms with Crippen LogP contribution in [0.25, 0.3) is 0 Å². The molecule has 1 saturated heterocycles. The number of carbonyl (C=O) groups excluding carboxylic acids is 1. The minimum absolute atomic E-state index is 0.0331. The Kier molecular flexibility index (Phi) is 5.86. The molecule has 2 heterocycles. The molecule has 0 unspecified atom stereocenters. The Labute approximate surface area is 119 Å². The number of H-pyrrole nitrogens is 1. The quantitative estimate of drug-likeness (QED) is 0.780. The molecule has 6 nitrogen and oxygen atoms in total. The number of aromatic nitrogens is 2. The van der Waals surface area contributed by atoms with Gasteiger partial charge in [0.2, 0.25) is 0 Å². The average molecular weight is 280 g/mol. The van der Waals surface area contributed by atoms with Gasteiger partial charge in [0.05, 0.1) is 0 Å². The Morgan fingerprint density at radius 3 is 3.30 bits per heavy atom. The zero-order valence-electron chi connectivity index (χ0n) is 12.1. The van der Waals surface area contributed by atoms with Gasteiger partial charge in [-0.2, -0.15) is 5.10 Å². The number of aromatic amines is 1. The number of urea groups is 1. The topological polar surface area (TPSA) is 70.2 Å². The van der Waals surface area contributed by atoms with E-state index in [-0.39, 0.29) is 6.03 Å². The van der Waals surface area contributed by atoms with Gasteiger partial charge in [0.1, 0.15) is 0 Å². The highest BCUT2D eigenvalue weighted by atomic mass is 16.5. The van der Waals surface area contributed by atoms with Gasteiger partial charge in [-0.15, -0.1) is 0 Å². The number of hydrogen-bond acceptors (Lipinski definition) is 3. The van der Waals surface area contributed by atoms with Gasteiger partial charge >= 0.3 is 6.03 Å². The number of piperidine rings is 1. The van der Waals surface area contributed by atoms with Crippen LogP contribution >= 0.6 is 0 Å². The summed E-state index contributed by atoms with van der Waals surface area (Å²) in [6, 6.07) is 2.03. The first kappa shape index (κ1) is 14.8. The van der Waals surface area contributed by atoms with Crippen LogP contribution in [0, 0.1) is 0 Å². The van der Waals surface area contributed by atoms with E-state index < -0.39 is 0 Å². The molecule has 112 valence electrons. The van der Waals surface area contributed by atoms with Gasteiger partial charge in [0.15, 0.2) is 0 Å². The van der Waals surface area contributed by atoms with E-state index in [1.165, 1.54) is 0 Å². The molecule has 6 heteroatoms. The number of carbonyl (C=O) groups is 1. The molecule has 1 fully saturated rings. The molecule has 0 aromatic carbocycles. The fraction of sp³-hybridized carbons (Fsp3) is 0.714. The third kappa shape index (κ3) is 4.23. The summed E-state index contributed by atoms with van der Waals surface area (Å²) in [5.41, 5.74) is 1.12. The van der Waals surface area contributed by atoms with Crippen molar-refractivity contribution >= 4 is 6.03 Å². The smallest absolute Gasteiger partial charge is 0.317 e. The Bertz CT molecular complexity index is 394. The molecular formula is C14H24N4O2. The number of ether oxygens (including phenoxy) is 1. The van der Waals surface area contributed by atoms with Gasteiger partial charge in [-0.25, -0.2) is 4.79 Å². The van der Waals surface area contributed by atoms with E-state index in [9.17, 15) is 4.79 Å². The first-order chi connectivity index (χ1) is 9.81. The molecule has 0 aliphatic carbocycles. The van der Waals surface area contributed by atoms with E-state index in [4.69, 9.17) is 4.74 Å². The van der Waals surface area contributed by atoms with Gasteiger partial charge in [-0.1, -0.05) is 0 Å². The lowest BCUT2D eigenvalue weighted by Crippen LogP contribution is -2.45. The van der Waals surface area contributed by atoms with E-state index in [1.807, 2.05) is 17.9 Å². The first-order valence-electron chi connectivity index (χ1n) is 7.41. The summed E-state index contributed by atoms with van der Waals surface area (Å²) in [4.78, 5) is 14.0. The van der Waals surface area contributed by atoms with Crippen molar-refractivity contribution in [3.05, 3.63) is 18.0 Å². The monoisotopic (exact) mass is 280 g/mol. The molecule has 1 aromatic rings. The zero-order chi connectivity index (χ0) is 14.2.